The molecule has 0 spiro atoms. The minimum Gasteiger partial charge on any atom is -0.389 e. The Morgan fingerprint density at radius 2 is 1.83 bits per heavy atom. The first-order chi connectivity index (χ1) is 11.2. The van der Waals surface area contributed by atoms with Crippen LogP contribution in [0.3, 0.4) is 0 Å². The van der Waals surface area contributed by atoms with Crippen molar-refractivity contribution in [3.63, 3.8) is 0 Å². The molecule has 134 valence electrons. The number of morpholine rings is 1. The van der Waals surface area contributed by atoms with Gasteiger partial charge in [0, 0.05) is 26.2 Å². The van der Waals surface area contributed by atoms with Crippen LogP contribution in [0.15, 0.2) is 30.3 Å². The maximum Gasteiger partial charge on any atom is 0.236 e. The highest BCUT2D eigenvalue weighted by Crippen LogP contribution is 2.14. The van der Waals surface area contributed by atoms with Crippen molar-refractivity contribution in [2.24, 2.45) is 0 Å². The summed E-state index contributed by atoms with van der Waals surface area (Å²) in [6.45, 7) is 10.2. The minimum atomic E-state index is -0.847. The van der Waals surface area contributed by atoms with E-state index in [9.17, 15) is 9.90 Å². The summed E-state index contributed by atoms with van der Waals surface area (Å²) in [6.07, 6.45) is 0.129. The molecule has 24 heavy (non-hydrogen) atoms. The van der Waals surface area contributed by atoms with Crippen LogP contribution in [0.2, 0.25) is 0 Å². The smallest absolute Gasteiger partial charge is 0.236 e. The van der Waals surface area contributed by atoms with Crippen LogP contribution in [0, 0.1) is 0 Å². The Hall–Kier alpha value is -1.43. The zero-order chi connectivity index (χ0) is 17.7. The minimum absolute atomic E-state index is 0.0644. The molecule has 2 atom stereocenters. The normalized spacial score (nSPS) is 22.0. The zero-order valence-electron chi connectivity index (χ0n) is 15.2. The van der Waals surface area contributed by atoms with E-state index in [-0.39, 0.29) is 18.1 Å². The summed E-state index contributed by atoms with van der Waals surface area (Å²) in [5, 5.41) is 10.2. The van der Waals surface area contributed by atoms with Crippen molar-refractivity contribution in [3.05, 3.63) is 35.9 Å². The first-order valence-corrected chi connectivity index (χ1v) is 8.65. The lowest BCUT2D eigenvalue weighted by Gasteiger charge is -2.37. The van der Waals surface area contributed by atoms with Crippen LogP contribution in [0.4, 0.5) is 0 Å². The van der Waals surface area contributed by atoms with Crippen molar-refractivity contribution in [1.29, 1.82) is 0 Å². The topological polar surface area (TPSA) is 53.0 Å². The van der Waals surface area contributed by atoms with Crippen molar-refractivity contribution in [3.8, 4) is 0 Å². The number of nitrogens with zero attached hydrogens (tertiary/aromatic N) is 2. The number of ether oxygens (including phenoxy) is 1. The third-order valence-corrected chi connectivity index (χ3v) is 3.99. The number of hydrogen-bond donors (Lipinski definition) is 1. The molecule has 1 fully saturated rings. The van der Waals surface area contributed by atoms with Crippen LogP contribution >= 0.6 is 0 Å². The van der Waals surface area contributed by atoms with Crippen molar-refractivity contribution < 1.29 is 14.6 Å². The Labute approximate surface area is 145 Å². The number of carbonyl (C=O) groups is 1. The number of amides is 1. The Morgan fingerprint density at radius 3 is 2.38 bits per heavy atom. The Balaban J connectivity index is 2.02. The molecule has 1 aromatic rings. The van der Waals surface area contributed by atoms with Gasteiger partial charge in [-0.15, -0.1) is 0 Å². The molecule has 2 unspecified atom stereocenters. The number of carbonyl (C=O) groups excluding carboxylic acids is 1. The molecule has 0 aliphatic carbocycles. The summed E-state index contributed by atoms with van der Waals surface area (Å²) < 4.78 is 5.70. The van der Waals surface area contributed by atoms with Crippen LogP contribution in [-0.2, 0) is 16.1 Å². The van der Waals surface area contributed by atoms with E-state index in [0.717, 1.165) is 5.56 Å². The largest absolute Gasteiger partial charge is 0.389 e. The van der Waals surface area contributed by atoms with E-state index in [4.69, 9.17) is 4.74 Å². The third kappa shape index (κ3) is 6.23. The van der Waals surface area contributed by atoms with E-state index < -0.39 is 5.60 Å². The van der Waals surface area contributed by atoms with Gasteiger partial charge >= 0.3 is 0 Å². The van der Waals surface area contributed by atoms with E-state index in [2.05, 4.69) is 0 Å². The number of aliphatic hydroxyl groups is 1. The average molecular weight is 334 g/mol. The van der Waals surface area contributed by atoms with Crippen molar-refractivity contribution in [2.75, 3.05) is 26.2 Å². The van der Waals surface area contributed by atoms with Crippen LogP contribution in [-0.4, -0.2) is 64.8 Å². The highest BCUT2D eigenvalue weighted by molar-refractivity contribution is 5.78. The fraction of sp³-hybridized carbons (Fsp3) is 0.632. The maximum absolute atomic E-state index is 12.7. The molecule has 0 aromatic heterocycles. The molecule has 0 saturated carbocycles. The lowest BCUT2D eigenvalue weighted by Crippen LogP contribution is -2.52. The lowest BCUT2D eigenvalue weighted by molar-refractivity contribution is -0.145. The monoisotopic (exact) mass is 334 g/mol. The van der Waals surface area contributed by atoms with Gasteiger partial charge in [-0.2, -0.15) is 0 Å². The van der Waals surface area contributed by atoms with Crippen LogP contribution in [0.1, 0.15) is 33.3 Å². The molecule has 1 aliphatic rings. The molecule has 1 saturated heterocycles. The molecule has 1 aromatic carbocycles. The van der Waals surface area contributed by atoms with Gasteiger partial charge < -0.3 is 14.7 Å². The first kappa shape index (κ1) is 18.9. The summed E-state index contributed by atoms with van der Waals surface area (Å²) in [6, 6.07) is 10.0. The average Bonchev–Trinajstić information content (AvgIpc) is 2.45. The summed E-state index contributed by atoms with van der Waals surface area (Å²) in [5.41, 5.74) is 0.291. The van der Waals surface area contributed by atoms with Gasteiger partial charge in [-0.05, 0) is 33.3 Å². The highest BCUT2D eigenvalue weighted by atomic mass is 16.5. The molecule has 5 nitrogen and oxygen atoms in total. The molecule has 2 rings (SSSR count). The maximum atomic E-state index is 12.7. The number of rotatable bonds is 6. The van der Waals surface area contributed by atoms with Crippen molar-refractivity contribution >= 4 is 5.91 Å². The molecule has 1 aliphatic heterocycles. The fourth-order valence-electron chi connectivity index (χ4n) is 3.23. The second-order valence-electron chi connectivity index (χ2n) is 7.50. The Kier molecular flexibility index (Phi) is 6.38. The summed E-state index contributed by atoms with van der Waals surface area (Å²) >= 11 is 0. The van der Waals surface area contributed by atoms with Crippen LogP contribution < -0.4 is 0 Å². The second-order valence-corrected chi connectivity index (χ2v) is 7.50. The molecule has 5 heteroatoms. The quantitative estimate of drug-likeness (QED) is 0.863. The van der Waals surface area contributed by atoms with Crippen molar-refractivity contribution in [2.45, 2.75) is 52.0 Å². The Morgan fingerprint density at radius 1 is 1.25 bits per heavy atom. The van der Waals surface area contributed by atoms with Crippen LogP contribution in [0.5, 0.6) is 0 Å². The third-order valence-electron chi connectivity index (χ3n) is 3.99. The van der Waals surface area contributed by atoms with Gasteiger partial charge in [0.15, 0.2) is 0 Å². The molecule has 1 amide bonds. The highest BCUT2D eigenvalue weighted by Gasteiger charge is 2.28. The molecule has 0 radical (unpaired) electrons. The number of hydrogen-bond acceptors (Lipinski definition) is 4. The molecule has 0 bridgehead atoms. The Bertz CT molecular complexity index is 517. The summed E-state index contributed by atoms with van der Waals surface area (Å²) in [5.74, 6) is 0.0946. The van der Waals surface area contributed by atoms with E-state index in [1.165, 1.54) is 0 Å². The van der Waals surface area contributed by atoms with Gasteiger partial charge in [0.2, 0.25) is 5.91 Å². The molecular formula is C19H30N2O3. The standard InChI is InChI=1S/C19H30N2O3/c1-15-10-21(11-16(2)24-15)18(22)13-20(14-19(3,4)23)12-17-8-6-5-7-9-17/h5-9,15-16,23H,10-14H2,1-4H3. The van der Waals surface area contributed by atoms with Gasteiger partial charge in [-0.3, -0.25) is 9.69 Å². The zero-order valence-corrected chi connectivity index (χ0v) is 15.2. The van der Waals surface area contributed by atoms with E-state index in [0.29, 0.717) is 32.7 Å². The second kappa shape index (κ2) is 8.10. The predicted octanol–water partition coefficient (Wildman–Crippen LogP) is 1.90. The summed E-state index contributed by atoms with van der Waals surface area (Å²) in [7, 11) is 0. The van der Waals surface area contributed by atoms with Gasteiger partial charge in [0.25, 0.3) is 0 Å². The molecular weight excluding hydrogens is 304 g/mol. The van der Waals surface area contributed by atoms with E-state index in [1.807, 2.05) is 54.0 Å². The van der Waals surface area contributed by atoms with Crippen LogP contribution in [0.25, 0.3) is 0 Å². The molecule has 1 heterocycles. The van der Waals surface area contributed by atoms with Crippen molar-refractivity contribution in [1.82, 2.24) is 9.80 Å². The number of benzene rings is 1. The fourth-order valence-corrected chi connectivity index (χ4v) is 3.23. The molecule has 1 N–H and O–H groups in total. The summed E-state index contributed by atoms with van der Waals surface area (Å²) in [4.78, 5) is 16.6. The van der Waals surface area contributed by atoms with Gasteiger partial charge in [0.05, 0.1) is 24.4 Å². The first-order valence-electron chi connectivity index (χ1n) is 8.65. The van der Waals surface area contributed by atoms with Gasteiger partial charge in [-0.1, -0.05) is 30.3 Å². The lowest BCUT2D eigenvalue weighted by atomic mass is 10.1. The van der Waals surface area contributed by atoms with Gasteiger partial charge in [0.1, 0.15) is 0 Å². The predicted molar refractivity (Wildman–Crippen MR) is 94.6 cm³/mol. The SMILES string of the molecule is CC1CN(C(=O)CN(Cc2ccccc2)CC(C)(C)O)CC(C)O1. The van der Waals surface area contributed by atoms with E-state index >= 15 is 0 Å². The van der Waals surface area contributed by atoms with Gasteiger partial charge in [-0.25, -0.2) is 0 Å². The van der Waals surface area contributed by atoms with E-state index in [1.54, 1.807) is 13.8 Å².